The molecule has 0 saturated heterocycles. The number of thiocarbonyl (C=S) groups is 1. The fourth-order valence-electron chi connectivity index (χ4n) is 1.64. The Balaban J connectivity index is 1.76. The van der Waals surface area contributed by atoms with Crippen molar-refractivity contribution in [1.82, 2.24) is 15.6 Å². The molecule has 0 bridgehead atoms. The molecule has 108 valence electrons. The first kappa shape index (κ1) is 14.9. The maximum Gasteiger partial charge on any atom is 0.195 e. The van der Waals surface area contributed by atoms with Gasteiger partial charge in [0.2, 0.25) is 0 Å². The van der Waals surface area contributed by atoms with Crippen LogP contribution in [0.4, 0.5) is 0 Å². The number of pyridine rings is 1. The van der Waals surface area contributed by atoms with Gasteiger partial charge >= 0.3 is 0 Å². The van der Waals surface area contributed by atoms with Gasteiger partial charge in [0.25, 0.3) is 0 Å². The number of nitrogens with zero attached hydrogens (tertiary/aromatic N) is 2. The van der Waals surface area contributed by atoms with Gasteiger partial charge in [-0.2, -0.15) is 0 Å². The predicted octanol–water partition coefficient (Wildman–Crippen LogP) is 1.56. The smallest absolute Gasteiger partial charge is 0.195 e. The van der Waals surface area contributed by atoms with Crippen LogP contribution in [-0.4, -0.2) is 16.1 Å². The lowest BCUT2D eigenvalue weighted by atomic mass is 10.2. The van der Waals surface area contributed by atoms with E-state index >= 15 is 0 Å². The summed E-state index contributed by atoms with van der Waals surface area (Å²) in [6, 6.07) is 13.7. The van der Waals surface area contributed by atoms with Gasteiger partial charge in [0.1, 0.15) is 0 Å². The highest BCUT2D eigenvalue weighted by Crippen LogP contribution is 1.99. The van der Waals surface area contributed by atoms with Crippen LogP contribution in [0.2, 0.25) is 0 Å². The summed E-state index contributed by atoms with van der Waals surface area (Å²) in [6.07, 6.45) is 3.51. The molecule has 0 aliphatic carbocycles. The maximum absolute atomic E-state index is 5.79. The van der Waals surface area contributed by atoms with E-state index in [1.807, 2.05) is 42.5 Å². The van der Waals surface area contributed by atoms with Crippen LogP contribution < -0.4 is 16.4 Å². The zero-order valence-corrected chi connectivity index (χ0v) is 12.3. The molecular formula is C15H17N5S. The molecule has 1 heterocycles. The number of hydrogen-bond donors (Lipinski definition) is 3. The van der Waals surface area contributed by atoms with Gasteiger partial charge in [-0.25, -0.2) is 4.99 Å². The lowest BCUT2D eigenvalue weighted by Crippen LogP contribution is -2.42. The van der Waals surface area contributed by atoms with Crippen molar-refractivity contribution in [3.63, 3.8) is 0 Å². The van der Waals surface area contributed by atoms with Gasteiger partial charge in [-0.3, -0.25) is 4.98 Å². The van der Waals surface area contributed by atoms with Crippen LogP contribution in [0.1, 0.15) is 11.1 Å². The number of aromatic nitrogens is 1. The van der Waals surface area contributed by atoms with Gasteiger partial charge in [0.15, 0.2) is 11.1 Å². The summed E-state index contributed by atoms with van der Waals surface area (Å²) >= 11 is 5.16. The number of rotatable bonds is 4. The van der Waals surface area contributed by atoms with Crippen molar-refractivity contribution in [2.24, 2.45) is 10.7 Å². The van der Waals surface area contributed by atoms with Crippen LogP contribution in [0, 0.1) is 0 Å². The number of guanidine groups is 1. The minimum atomic E-state index is 0.294. The fourth-order valence-corrected chi connectivity index (χ4v) is 1.82. The minimum absolute atomic E-state index is 0.294. The van der Waals surface area contributed by atoms with Gasteiger partial charge in [-0.1, -0.05) is 36.4 Å². The van der Waals surface area contributed by atoms with Gasteiger partial charge in [-0.05, 0) is 29.4 Å². The third kappa shape index (κ3) is 5.58. The molecular weight excluding hydrogens is 282 g/mol. The zero-order valence-electron chi connectivity index (χ0n) is 11.5. The average molecular weight is 299 g/mol. The first-order valence-corrected chi connectivity index (χ1v) is 6.92. The maximum atomic E-state index is 5.79. The molecule has 1 aromatic heterocycles. The van der Waals surface area contributed by atoms with Crippen molar-refractivity contribution in [2.45, 2.75) is 13.1 Å². The number of nitrogens with one attached hydrogen (secondary N) is 2. The molecule has 0 spiro atoms. The molecule has 1 aromatic carbocycles. The second kappa shape index (κ2) is 7.96. The van der Waals surface area contributed by atoms with Gasteiger partial charge in [0.05, 0.1) is 6.54 Å². The second-order valence-electron chi connectivity index (χ2n) is 4.36. The summed E-state index contributed by atoms with van der Waals surface area (Å²) in [4.78, 5) is 8.27. The molecule has 4 N–H and O–H groups in total. The first-order valence-electron chi connectivity index (χ1n) is 6.51. The van der Waals surface area contributed by atoms with Crippen LogP contribution in [0.25, 0.3) is 0 Å². The molecule has 0 saturated carbocycles. The van der Waals surface area contributed by atoms with Crippen molar-refractivity contribution >= 4 is 23.3 Å². The molecule has 0 aliphatic rings. The van der Waals surface area contributed by atoms with Crippen LogP contribution in [0.15, 0.2) is 59.9 Å². The highest BCUT2D eigenvalue weighted by molar-refractivity contribution is 7.80. The van der Waals surface area contributed by atoms with Crippen molar-refractivity contribution < 1.29 is 0 Å². The van der Waals surface area contributed by atoms with E-state index in [1.54, 1.807) is 12.4 Å². The van der Waals surface area contributed by atoms with E-state index in [4.69, 9.17) is 18.0 Å². The van der Waals surface area contributed by atoms with Gasteiger partial charge in [-0.15, -0.1) is 0 Å². The molecule has 0 radical (unpaired) electrons. The van der Waals surface area contributed by atoms with E-state index < -0.39 is 0 Å². The Morgan fingerprint density at radius 3 is 2.62 bits per heavy atom. The van der Waals surface area contributed by atoms with Crippen LogP contribution in [0.5, 0.6) is 0 Å². The molecule has 6 heteroatoms. The van der Waals surface area contributed by atoms with E-state index in [9.17, 15) is 0 Å². The summed E-state index contributed by atoms with van der Waals surface area (Å²) in [5.74, 6) is 0.294. The molecule has 0 fully saturated rings. The van der Waals surface area contributed by atoms with E-state index in [1.165, 1.54) is 0 Å². The first-order chi connectivity index (χ1) is 10.2. The summed E-state index contributed by atoms with van der Waals surface area (Å²) in [5.41, 5.74) is 7.93. The van der Waals surface area contributed by atoms with Crippen LogP contribution >= 0.6 is 12.2 Å². The Morgan fingerprint density at radius 1 is 1.14 bits per heavy atom. The molecule has 0 atom stereocenters. The van der Waals surface area contributed by atoms with Crippen LogP contribution in [0.3, 0.4) is 0 Å². The normalized spacial score (nSPS) is 11.0. The highest BCUT2D eigenvalue weighted by atomic mass is 32.1. The number of nitrogens with two attached hydrogens (primary N) is 1. The topological polar surface area (TPSA) is 75.3 Å². The number of benzene rings is 1. The van der Waals surface area contributed by atoms with E-state index in [0.29, 0.717) is 24.2 Å². The zero-order chi connectivity index (χ0) is 14.9. The van der Waals surface area contributed by atoms with Crippen molar-refractivity contribution in [3.8, 4) is 0 Å². The standard InChI is InChI=1S/C15H17N5S/c16-14(18-10-12-5-2-1-3-6-12)20-15(21)19-11-13-7-4-8-17-9-13/h1-9H,10-11H2,(H4,16,18,19,20,21). The van der Waals surface area contributed by atoms with Crippen molar-refractivity contribution in [3.05, 3.63) is 66.0 Å². The summed E-state index contributed by atoms with van der Waals surface area (Å²) in [6.45, 7) is 1.11. The van der Waals surface area contributed by atoms with Crippen molar-refractivity contribution in [2.75, 3.05) is 0 Å². The monoisotopic (exact) mass is 299 g/mol. The summed E-state index contributed by atoms with van der Waals surface area (Å²) in [7, 11) is 0. The quantitative estimate of drug-likeness (QED) is 0.454. The third-order valence-corrected chi connectivity index (χ3v) is 2.94. The Morgan fingerprint density at radius 2 is 1.90 bits per heavy atom. The lowest BCUT2D eigenvalue weighted by molar-refractivity contribution is 0.895. The number of aliphatic imine (C=N–C) groups is 1. The second-order valence-corrected chi connectivity index (χ2v) is 4.76. The molecule has 0 unspecified atom stereocenters. The summed E-state index contributed by atoms with van der Waals surface area (Å²) < 4.78 is 0. The van der Waals surface area contributed by atoms with Gasteiger partial charge < -0.3 is 16.4 Å². The minimum Gasteiger partial charge on any atom is -0.370 e. The van der Waals surface area contributed by atoms with Crippen LogP contribution in [-0.2, 0) is 13.1 Å². The molecule has 2 rings (SSSR count). The molecule has 0 aliphatic heterocycles. The largest absolute Gasteiger partial charge is 0.370 e. The average Bonchev–Trinajstić information content (AvgIpc) is 2.53. The Bertz CT molecular complexity index is 598. The van der Waals surface area contributed by atoms with Gasteiger partial charge in [0, 0.05) is 18.9 Å². The van der Waals surface area contributed by atoms with Crippen molar-refractivity contribution in [1.29, 1.82) is 0 Å². The van der Waals surface area contributed by atoms with E-state index in [2.05, 4.69) is 20.6 Å². The molecule has 21 heavy (non-hydrogen) atoms. The Kier molecular flexibility index (Phi) is 5.66. The molecule has 2 aromatic rings. The Hall–Kier alpha value is -2.47. The third-order valence-electron chi connectivity index (χ3n) is 2.69. The number of hydrogen-bond acceptors (Lipinski definition) is 3. The highest BCUT2D eigenvalue weighted by Gasteiger charge is 1.99. The van der Waals surface area contributed by atoms with E-state index in [0.717, 1.165) is 11.1 Å². The lowest BCUT2D eigenvalue weighted by Gasteiger charge is -2.09. The SMILES string of the molecule is NC(=NCc1ccccc1)NC(=S)NCc1cccnc1. The Labute approximate surface area is 129 Å². The molecule has 0 amide bonds. The summed E-state index contributed by atoms with van der Waals surface area (Å²) in [5, 5.41) is 6.33. The fraction of sp³-hybridized carbons (Fsp3) is 0.133. The van der Waals surface area contributed by atoms with E-state index in [-0.39, 0.29) is 0 Å². The molecule has 5 nitrogen and oxygen atoms in total. The predicted molar refractivity (Wildman–Crippen MR) is 88.6 cm³/mol.